The van der Waals surface area contributed by atoms with Gasteiger partial charge in [0.2, 0.25) is 5.91 Å². The molecule has 0 aliphatic heterocycles. The van der Waals surface area contributed by atoms with Crippen LogP contribution in [0.4, 0.5) is 5.69 Å². The van der Waals surface area contributed by atoms with Crippen molar-refractivity contribution >= 4 is 17.5 Å². The van der Waals surface area contributed by atoms with Crippen molar-refractivity contribution in [1.82, 2.24) is 10.6 Å². The lowest BCUT2D eigenvalue weighted by Crippen LogP contribution is -2.44. The van der Waals surface area contributed by atoms with E-state index >= 15 is 0 Å². The molecule has 2 rings (SSSR count). The monoisotopic (exact) mass is 401 g/mol. The van der Waals surface area contributed by atoms with E-state index in [1.54, 1.807) is 6.92 Å². The van der Waals surface area contributed by atoms with Gasteiger partial charge < -0.3 is 20.1 Å². The molecule has 9 nitrogen and oxygen atoms in total. The van der Waals surface area contributed by atoms with Crippen LogP contribution in [0.15, 0.2) is 42.5 Å². The van der Waals surface area contributed by atoms with Crippen LogP contribution < -0.4 is 20.1 Å². The number of amides is 2. The lowest BCUT2D eigenvalue weighted by Gasteiger charge is -2.16. The van der Waals surface area contributed by atoms with Crippen LogP contribution in [0.5, 0.6) is 11.5 Å². The molecule has 0 aliphatic rings. The van der Waals surface area contributed by atoms with Gasteiger partial charge in [-0.1, -0.05) is 30.3 Å². The third-order valence-electron chi connectivity index (χ3n) is 4.07. The molecule has 0 aliphatic carbocycles. The van der Waals surface area contributed by atoms with Crippen molar-refractivity contribution < 1.29 is 24.0 Å². The van der Waals surface area contributed by atoms with Crippen molar-refractivity contribution in [3.8, 4) is 11.5 Å². The number of ether oxygens (including phenoxy) is 2. The number of methoxy groups -OCH3 is 1. The fourth-order valence-electron chi connectivity index (χ4n) is 2.59. The van der Waals surface area contributed by atoms with Crippen molar-refractivity contribution in [2.45, 2.75) is 26.4 Å². The van der Waals surface area contributed by atoms with E-state index in [4.69, 9.17) is 9.47 Å². The number of nitrogens with zero attached hydrogens (tertiary/aromatic N) is 1. The molecule has 2 aromatic carbocycles. The maximum atomic E-state index is 12.6. The van der Waals surface area contributed by atoms with E-state index in [0.29, 0.717) is 6.54 Å². The van der Waals surface area contributed by atoms with Crippen LogP contribution in [-0.4, -0.2) is 36.5 Å². The predicted octanol–water partition coefficient (Wildman–Crippen LogP) is 2.44. The van der Waals surface area contributed by atoms with Gasteiger partial charge in [-0.05, 0) is 19.4 Å². The summed E-state index contributed by atoms with van der Waals surface area (Å²) in [5, 5.41) is 16.6. The van der Waals surface area contributed by atoms with Gasteiger partial charge in [0.1, 0.15) is 11.6 Å². The highest BCUT2D eigenvalue weighted by molar-refractivity contribution is 6.01. The highest BCUT2D eigenvalue weighted by Crippen LogP contribution is 2.34. The third-order valence-corrected chi connectivity index (χ3v) is 4.07. The van der Waals surface area contributed by atoms with Gasteiger partial charge in [0.15, 0.2) is 11.5 Å². The molecule has 0 saturated heterocycles. The zero-order valence-electron chi connectivity index (χ0n) is 16.4. The number of nitro benzene ring substituents is 1. The molecule has 0 bridgehead atoms. The number of hydrogen-bond acceptors (Lipinski definition) is 6. The summed E-state index contributed by atoms with van der Waals surface area (Å²) in [4.78, 5) is 35.6. The summed E-state index contributed by atoms with van der Waals surface area (Å²) in [7, 11) is 1.35. The van der Waals surface area contributed by atoms with Crippen LogP contribution in [0, 0.1) is 10.1 Å². The Morgan fingerprint density at radius 2 is 1.86 bits per heavy atom. The Hall–Kier alpha value is -3.62. The van der Waals surface area contributed by atoms with E-state index in [-0.39, 0.29) is 23.7 Å². The number of nitrogens with one attached hydrogen (secondary N) is 2. The normalized spacial score (nSPS) is 11.3. The van der Waals surface area contributed by atoms with Crippen LogP contribution in [0.3, 0.4) is 0 Å². The smallest absolute Gasteiger partial charge is 0.286 e. The molecule has 154 valence electrons. The standard InChI is InChI=1S/C20H23N3O6/c1-4-29-18-10-15(16(23(26)27)11-17(18)28-3)20(25)22-13(2)19(24)21-12-14-8-6-5-7-9-14/h5-11,13H,4,12H2,1-3H3,(H,21,24)(H,22,25). The molecule has 1 atom stereocenters. The molecule has 0 fully saturated rings. The Labute approximate surface area is 168 Å². The van der Waals surface area contributed by atoms with E-state index in [1.807, 2.05) is 30.3 Å². The maximum absolute atomic E-state index is 12.6. The highest BCUT2D eigenvalue weighted by atomic mass is 16.6. The van der Waals surface area contributed by atoms with Crippen LogP contribution in [0.25, 0.3) is 0 Å². The van der Waals surface area contributed by atoms with Gasteiger partial charge in [-0.3, -0.25) is 19.7 Å². The van der Waals surface area contributed by atoms with Gasteiger partial charge in [-0.15, -0.1) is 0 Å². The maximum Gasteiger partial charge on any atom is 0.286 e. The average molecular weight is 401 g/mol. The van der Waals surface area contributed by atoms with Crippen molar-refractivity contribution in [2.24, 2.45) is 0 Å². The first-order valence-electron chi connectivity index (χ1n) is 8.99. The Morgan fingerprint density at radius 3 is 2.45 bits per heavy atom. The molecular weight excluding hydrogens is 378 g/mol. The zero-order valence-corrected chi connectivity index (χ0v) is 16.4. The van der Waals surface area contributed by atoms with Crippen LogP contribution in [0.2, 0.25) is 0 Å². The van der Waals surface area contributed by atoms with Crippen molar-refractivity contribution in [3.63, 3.8) is 0 Å². The van der Waals surface area contributed by atoms with Gasteiger partial charge in [0.25, 0.3) is 11.6 Å². The first kappa shape index (κ1) is 21.7. The second-order valence-electron chi connectivity index (χ2n) is 6.11. The largest absolute Gasteiger partial charge is 0.493 e. The second kappa shape index (κ2) is 10.1. The fourth-order valence-corrected chi connectivity index (χ4v) is 2.59. The molecule has 0 saturated carbocycles. The van der Waals surface area contributed by atoms with Gasteiger partial charge in [0.05, 0.1) is 24.7 Å². The first-order valence-corrected chi connectivity index (χ1v) is 8.99. The lowest BCUT2D eigenvalue weighted by atomic mass is 10.1. The SMILES string of the molecule is CCOc1cc(C(=O)NC(C)C(=O)NCc2ccccc2)c([N+](=O)[O-])cc1OC. The Balaban J connectivity index is 2.14. The number of carbonyl (C=O) groups excluding carboxylic acids is 2. The molecule has 0 spiro atoms. The van der Waals surface area contributed by atoms with Crippen LogP contribution in [0.1, 0.15) is 29.8 Å². The van der Waals surface area contributed by atoms with Crippen molar-refractivity contribution in [2.75, 3.05) is 13.7 Å². The number of nitro groups is 1. The summed E-state index contributed by atoms with van der Waals surface area (Å²) < 4.78 is 10.5. The summed E-state index contributed by atoms with van der Waals surface area (Å²) in [5.74, 6) is -0.832. The molecule has 9 heteroatoms. The zero-order chi connectivity index (χ0) is 21.4. The minimum Gasteiger partial charge on any atom is -0.493 e. The van der Waals surface area contributed by atoms with Crippen LogP contribution in [-0.2, 0) is 11.3 Å². The molecule has 1 unspecified atom stereocenters. The summed E-state index contributed by atoms with van der Waals surface area (Å²) in [5.41, 5.74) is 0.244. The van der Waals surface area contributed by atoms with Gasteiger partial charge >= 0.3 is 0 Å². The molecule has 2 amide bonds. The fraction of sp³-hybridized carbons (Fsp3) is 0.300. The third kappa shape index (κ3) is 5.68. The minimum absolute atomic E-state index is 0.142. The lowest BCUT2D eigenvalue weighted by molar-refractivity contribution is -0.385. The van der Waals surface area contributed by atoms with Gasteiger partial charge in [-0.25, -0.2) is 0 Å². The number of carbonyl (C=O) groups is 2. The van der Waals surface area contributed by atoms with E-state index in [9.17, 15) is 19.7 Å². The molecule has 0 radical (unpaired) electrons. The minimum atomic E-state index is -0.900. The molecule has 2 N–H and O–H groups in total. The van der Waals surface area contributed by atoms with Gasteiger partial charge in [-0.2, -0.15) is 0 Å². The Bertz CT molecular complexity index is 885. The summed E-state index contributed by atoms with van der Waals surface area (Å²) in [6.07, 6.45) is 0. The summed E-state index contributed by atoms with van der Waals surface area (Å²) in [6, 6.07) is 10.8. The van der Waals surface area contributed by atoms with E-state index in [2.05, 4.69) is 10.6 Å². The van der Waals surface area contributed by atoms with Gasteiger partial charge in [0, 0.05) is 12.6 Å². The van der Waals surface area contributed by atoms with E-state index in [0.717, 1.165) is 11.6 Å². The average Bonchev–Trinajstić information content (AvgIpc) is 2.72. The molecule has 2 aromatic rings. The van der Waals surface area contributed by atoms with Crippen molar-refractivity contribution in [3.05, 3.63) is 63.7 Å². The molecule has 29 heavy (non-hydrogen) atoms. The van der Waals surface area contributed by atoms with Crippen molar-refractivity contribution in [1.29, 1.82) is 0 Å². The summed E-state index contributed by atoms with van der Waals surface area (Å²) in [6.45, 7) is 3.82. The number of benzene rings is 2. The van der Waals surface area contributed by atoms with E-state index < -0.39 is 28.5 Å². The van der Waals surface area contributed by atoms with E-state index in [1.165, 1.54) is 20.1 Å². The molecular formula is C20H23N3O6. The van der Waals surface area contributed by atoms with Crippen LogP contribution >= 0.6 is 0 Å². The second-order valence-corrected chi connectivity index (χ2v) is 6.11. The summed E-state index contributed by atoms with van der Waals surface area (Å²) >= 11 is 0. The quantitative estimate of drug-likeness (QED) is 0.492. The molecule has 0 heterocycles. The number of rotatable bonds is 9. The predicted molar refractivity (Wildman–Crippen MR) is 106 cm³/mol. The first-order chi connectivity index (χ1) is 13.9. The Kier molecular flexibility index (Phi) is 7.53. The number of hydrogen-bond donors (Lipinski definition) is 2. The Morgan fingerprint density at radius 1 is 1.17 bits per heavy atom. The topological polar surface area (TPSA) is 120 Å². The highest BCUT2D eigenvalue weighted by Gasteiger charge is 2.26. The molecule has 0 aromatic heterocycles.